The van der Waals surface area contributed by atoms with E-state index in [1.54, 1.807) is 19.2 Å². The van der Waals surface area contributed by atoms with E-state index in [0.717, 1.165) is 39.4 Å². The number of aromatic nitrogens is 2. The second kappa shape index (κ2) is 9.31. The van der Waals surface area contributed by atoms with Crippen molar-refractivity contribution in [2.75, 3.05) is 12.0 Å². The molecule has 1 unspecified atom stereocenters. The number of ether oxygens (including phenoxy) is 1. The molecule has 6 nitrogen and oxygen atoms in total. The van der Waals surface area contributed by atoms with Gasteiger partial charge in [0.15, 0.2) is 5.11 Å². The highest BCUT2D eigenvalue weighted by atomic mass is 32.1. The summed E-state index contributed by atoms with van der Waals surface area (Å²) in [7, 11) is 1.62. The fraction of sp³-hybridized carbons (Fsp3) is 0.148. The van der Waals surface area contributed by atoms with E-state index in [9.17, 15) is 4.39 Å². The Morgan fingerprint density at radius 1 is 0.971 bits per heavy atom. The minimum Gasteiger partial charge on any atom is -0.497 e. The van der Waals surface area contributed by atoms with Crippen LogP contribution < -0.4 is 15.0 Å². The lowest BCUT2D eigenvalue weighted by atomic mass is 9.94. The Bertz CT molecular complexity index is 1400. The van der Waals surface area contributed by atoms with Crippen LogP contribution in [0.1, 0.15) is 30.0 Å². The molecule has 176 valence electrons. The molecule has 4 aromatic rings. The lowest BCUT2D eigenvalue weighted by Crippen LogP contribution is -2.46. The van der Waals surface area contributed by atoms with Gasteiger partial charge >= 0.3 is 0 Å². The van der Waals surface area contributed by atoms with Crippen molar-refractivity contribution in [3.8, 4) is 17.1 Å². The highest BCUT2D eigenvalue weighted by Gasteiger charge is 2.34. The smallest absolute Gasteiger partial charge is 0.258 e. The van der Waals surface area contributed by atoms with Gasteiger partial charge in [0.05, 0.1) is 18.7 Å². The zero-order chi connectivity index (χ0) is 24.5. The lowest BCUT2D eigenvalue weighted by Gasteiger charge is -2.37. The van der Waals surface area contributed by atoms with Crippen LogP contribution in [0, 0.1) is 12.7 Å². The summed E-state index contributed by atoms with van der Waals surface area (Å²) in [6, 6.07) is 21.4. The Morgan fingerprint density at radius 2 is 1.66 bits per heavy atom. The van der Waals surface area contributed by atoms with Crippen LogP contribution in [0.15, 0.2) is 83.0 Å². The first kappa shape index (κ1) is 22.7. The second-order valence-electron chi connectivity index (χ2n) is 8.26. The lowest BCUT2D eigenvalue weighted by molar-refractivity contribution is 0.404. The highest BCUT2D eigenvalue weighted by molar-refractivity contribution is 7.80. The molecule has 8 heteroatoms. The second-order valence-corrected chi connectivity index (χ2v) is 8.64. The summed E-state index contributed by atoms with van der Waals surface area (Å²) in [6.45, 7) is 4.00. The zero-order valence-corrected chi connectivity index (χ0v) is 20.3. The summed E-state index contributed by atoms with van der Waals surface area (Å²) < 4.78 is 24.7. The molecule has 0 aliphatic carbocycles. The van der Waals surface area contributed by atoms with Crippen LogP contribution in [-0.4, -0.2) is 22.4 Å². The van der Waals surface area contributed by atoms with Crippen molar-refractivity contribution in [3.63, 3.8) is 0 Å². The summed E-state index contributed by atoms with van der Waals surface area (Å²) in [5.41, 5.74) is 5.30. The molecule has 1 aromatic heterocycles. The number of methoxy groups -OCH3 is 1. The molecule has 1 atom stereocenters. The number of hydrogen-bond acceptors (Lipinski definition) is 5. The molecule has 2 heterocycles. The minimum atomic E-state index is -0.394. The number of hydrogen-bond donors (Lipinski definition) is 1. The van der Waals surface area contributed by atoms with Crippen LogP contribution >= 0.6 is 12.2 Å². The number of allylic oxidation sites excluding steroid dienone is 1. The normalized spacial score (nSPS) is 15.8. The Hall–Kier alpha value is -4.04. The molecule has 35 heavy (non-hydrogen) atoms. The summed E-state index contributed by atoms with van der Waals surface area (Å²) in [4.78, 5) is 6.66. The molecule has 0 radical (unpaired) electrons. The van der Waals surface area contributed by atoms with Crippen LogP contribution in [0.5, 0.6) is 5.75 Å². The van der Waals surface area contributed by atoms with Crippen molar-refractivity contribution in [2.24, 2.45) is 0 Å². The predicted octanol–water partition coefficient (Wildman–Crippen LogP) is 6.06. The predicted molar refractivity (Wildman–Crippen MR) is 137 cm³/mol. The Kier molecular flexibility index (Phi) is 6.05. The van der Waals surface area contributed by atoms with Gasteiger partial charge in [-0.1, -0.05) is 35.0 Å². The number of aryl methyl sites for hydroxylation is 1. The van der Waals surface area contributed by atoms with Crippen molar-refractivity contribution < 1.29 is 13.7 Å². The van der Waals surface area contributed by atoms with E-state index < -0.39 is 6.04 Å². The average molecular weight is 487 g/mol. The van der Waals surface area contributed by atoms with Crippen LogP contribution in [0.3, 0.4) is 0 Å². The molecule has 0 amide bonds. The fourth-order valence-electron chi connectivity index (χ4n) is 4.12. The SMILES string of the molecule is COc1ccc(-c2noc(C3=C(C)N(c4ccc(C)cc4)C(=S)NC3c3ccc(F)cc3)n2)cc1. The molecule has 0 spiro atoms. The Balaban J connectivity index is 1.62. The average Bonchev–Trinajstić information content (AvgIpc) is 3.35. The van der Waals surface area contributed by atoms with Gasteiger partial charge in [0, 0.05) is 16.9 Å². The minimum absolute atomic E-state index is 0.310. The molecule has 0 fully saturated rings. The monoisotopic (exact) mass is 486 g/mol. The number of benzene rings is 3. The van der Waals surface area contributed by atoms with Gasteiger partial charge in [-0.05, 0) is 80.2 Å². The van der Waals surface area contributed by atoms with Crippen LogP contribution in [-0.2, 0) is 0 Å². The Morgan fingerprint density at radius 3 is 2.31 bits per heavy atom. The van der Waals surface area contributed by atoms with Crippen LogP contribution in [0.4, 0.5) is 10.1 Å². The van der Waals surface area contributed by atoms with Crippen LogP contribution in [0.2, 0.25) is 0 Å². The molecule has 1 N–H and O–H groups in total. The number of anilines is 1. The number of halogens is 1. The maximum Gasteiger partial charge on any atom is 0.258 e. The van der Waals surface area contributed by atoms with Crippen LogP contribution in [0.25, 0.3) is 17.0 Å². The zero-order valence-electron chi connectivity index (χ0n) is 19.4. The fourth-order valence-corrected chi connectivity index (χ4v) is 4.48. The van der Waals surface area contributed by atoms with Gasteiger partial charge in [-0.25, -0.2) is 4.39 Å². The molecule has 0 saturated heterocycles. The number of nitrogens with zero attached hydrogens (tertiary/aromatic N) is 3. The molecule has 5 rings (SSSR count). The quantitative estimate of drug-likeness (QED) is 0.344. The van der Waals surface area contributed by atoms with E-state index in [0.29, 0.717) is 16.8 Å². The van der Waals surface area contributed by atoms with Crippen molar-refractivity contribution in [1.82, 2.24) is 15.5 Å². The maximum atomic E-state index is 13.7. The summed E-state index contributed by atoms with van der Waals surface area (Å²) in [5.74, 6) is 1.24. The molecule has 3 aromatic carbocycles. The van der Waals surface area contributed by atoms with Crippen molar-refractivity contribution in [1.29, 1.82) is 0 Å². The van der Waals surface area contributed by atoms with E-state index in [-0.39, 0.29) is 5.82 Å². The first-order valence-electron chi connectivity index (χ1n) is 11.1. The molecule has 0 bridgehead atoms. The van der Waals surface area contributed by atoms with Gasteiger partial charge in [-0.3, -0.25) is 4.90 Å². The third kappa shape index (κ3) is 4.40. The summed E-state index contributed by atoms with van der Waals surface area (Å²) in [5, 5.41) is 8.14. The molecule has 1 aliphatic heterocycles. The third-order valence-corrected chi connectivity index (χ3v) is 6.29. The van der Waals surface area contributed by atoms with Gasteiger partial charge in [-0.15, -0.1) is 0 Å². The van der Waals surface area contributed by atoms with Gasteiger partial charge in [-0.2, -0.15) is 4.98 Å². The third-order valence-electron chi connectivity index (χ3n) is 5.98. The summed E-state index contributed by atoms with van der Waals surface area (Å²) >= 11 is 5.76. The van der Waals surface area contributed by atoms with E-state index in [2.05, 4.69) is 10.5 Å². The largest absolute Gasteiger partial charge is 0.497 e. The van der Waals surface area contributed by atoms with E-state index in [1.165, 1.54) is 12.1 Å². The first-order chi connectivity index (χ1) is 16.9. The molecule has 0 saturated carbocycles. The van der Waals surface area contributed by atoms with Gasteiger partial charge in [0.2, 0.25) is 5.82 Å². The van der Waals surface area contributed by atoms with E-state index in [4.69, 9.17) is 26.5 Å². The van der Waals surface area contributed by atoms with Gasteiger partial charge in [0.1, 0.15) is 11.6 Å². The molecular formula is C27H23FN4O2S. The summed E-state index contributed by atoms with van der Waals surface area (Å²) in [6.07, 6.45) is 0. The highest BCUT2D eigenvalue weighted by Crippen LogP contribution is 2.39. The van der Waals surface area contributed by atoms with Gasteiger partial charge < -0.3 is 14.6 Å². The number of rotatable bonds is 5. The number of thiocarbonyl (C=S) groups is 1. The Labute approximate surface area is 208 Å². The first-order valence-corrected chi connectivity index (χ1v) is 11.5. The molecular weight excluding hydrogens is 463 g/mol. The number of nitrogens with one attached hydrogen (secondary N) is 1. The standard InChI is InChI=1S/C27H23FN4O2S/c1-16-4-12-21(13-5-16)32-17(2)23(24(29-27(32)35)18-6-10-20(28)11-7-18)26-30-25(31-34-26)19-8-14-22(33-3)15-9-19/h4-15,24H,1-3H3,(H,29,35). The van der Waals surface area contributed by atoms with Crippen molar-refractivity contribution in [2.45, 2.75) is 19.9 Å². The molecule has 1 aliphatic rings. The van der Waals surface area contributed by atoms with Crippen molar-refractivity contribution >= 4 is 28.6 Å². The van der Waals surface area contributed by atoms with Gasteiger partial charge in [0.25, 0.3) is 5.89 Å². The van der Waals surface area contributed by atoms with E-state index >= 15 is 0 Å². The maximum absolute atomic E-state index is 13.7. The topological polar surface area (TPSA) is 63.4 Å². The van der Waals surface area contributed by atoms with Crippen molar-refractivity contribution in [3.05, 3.63) is 101 Å². The van der Waals surface area contributed by atoms with E-state index in [1.807, 2.05) is 67.3 Å².